The normalized spacial score (nSPS) is 24.0. The van der Waals surface area contributed by atoms with E-state index in [1.807, 2.05) is 13.8 Å². The smallest absolute Gasteiger partial charge is 0.315 e. The highest BCUT2D eigenvalue weighted by Gasteiger charge is 2.70. The molecular weight excluding hydrogens is 622 g/mol. The molecule has 13 heteroatoms. The minimum atomic E-state index is -3.40. The fourth-order valence-corrected chi connectivity index (χ4v) is 8.66. The van der Waals surface area contributed by atoms with Crippen LogP contribution >= 0.6 is 0 Å². The SMILES string of the molecule is C#CCCC(NC(=O)[C@@H]1[C@@H]2[C@H](CN1C(=O)[C@@H](NC(=O)NC1(CS(=O)(=O)CC)CCCCC1)C(C)(C)C)C2(C)C)C(=O)C(=O)NCC=C. The Balaban J connectivity index is 1.85. The molecular formula is C34H53N5O7S. The molecule has 0 bridgehead atoms. The number of terminal acetylenes is 1. The van der Waals surface area contributed by atoms with Gasteiger partial charge in [0, 0.05) is 25.3 Å². The third-order valence-electron chi connectivity index (χ3n) is 10.1. The number of carbonyl (C=O) groups is 5. The van der Waals surface area contributed by atoms with Gasteiger partial charge >= 0.3 is 6.03 Å². The van der Waals surface area contributed by atoms with Crippen molar-refractivity contribution in [2.24, 2.45) is 22.7 Å². The second kappa shape index (κ2) is 14.8. The van der Waals surface area contributed by atoms with Gasteiger partial charge in [-0.05, 0) is 41.9 Å². The van der Waals surface area contributed by atoms with Crippen molar-refractivity contribution in [3.8, 4) is 12.3 Å². The van der Waals surface area contributed by atoms with Gasteiger partial charge in [0.1, 0.15) is 12.1 Å². The van der Waals surface area contributed by atoms with E-state index in [2.05, 4.69) is 33.8 Å². The van der Waals surface area contributed by atoms with Crippen LogP contribution in [-0.4, -0.2) is 91.1 Å². The molecule has 1 heterocycles. The summed E-state index contributed by atoms with van der Waals surface area (Å²) in [6, 6.07) is -3.81. The van der Waals surface area contributed by atoms with E-state index in [0.29, 0.717) is 12.8 Å². The van der Waals surface area contributed by atoms with Crippen LogP contribution in [0.15, 0.2) is 12.7 Å². The summed E-state index contributed by atoms with van der Waals surface area (Å²) in [4.78, 5) is 68.8. The van der Waals surface area contributed by atoms with Crippen LogP contribution in [-0.2, 0) is 29.0 Å². The minimum Gasteiger partial charge on any atom is -0.346 e. The summed E-state index contributed by atoms with van der Waals surface area (Å²) in [7, 11) is -3.40. The lowest BCUT2D eigenvalue weighted by Gasteiger charge is -2.40. The van der Waals surface area contributed by atoms with Gasteiger partial charge in [0.25, 0.3) is 5.91 Å². The van der Waals surface area contributed by atoms with E-state index in [1.165, 1.54) is 11.0 Å². The van der Waals surface area contributed by atoms with Crippen LogP contribution in [0.4, 0.5) is 4.79 Å². The van der Waals surface area contributed by atoms with Crippen molar-refractivity contribution in [3.05, 3.63) is 12.7 Å². The Morgan fingerprint density at radius 1 is 1.09 bits per heavy atom. The lowest BCUT2D eigenvalue weighted by Crippen LogP contribution is -2.64. The molecule has 262 valence electrons. The molecule has 0 aromatic rings. The van der Waals surface area contributed by atoms with Crippen LogP contribution in [0.2, 0.25) is 0 Å². The number of nitrogens with zero attached hydrogens (tertiary/aromatic N) is 1. The second-order valence-corrected chi connectivity index (χ2v) is 17.3. The molecule has 2 aliphatic carbocycles. The number of sulfone groups is 1. The average molecular weight is 676 g/mol. The standard InChI is InChI=1S/C34H53N5O7S/c1-9-12-16-23(26(40)29(42)35-19-10-2)36-28(41)25-24-22(33(24,7)8)20-39(25)30(43)27(32(4,5)6)37-31(44)38-34(17-14-13-15-18-34)21-47(45,46)11-3/h1,10,22-25,27H,2,11-21H2,3-8H3,(H,35,42)(H,36,41)(H2,37,38,44)/t22-,23?,24-,25-,27+/m0/s1. The Labute approximate surface area is 279 Å². The van der Waals surface area contributed by atoms with Gasteiger partial charge in [-0.1, -0.05) is 66.9 Å². The molecule has 5 atom stereocenters. The number of fused-ring (bicyclic) bond motifs is 1. The molecule has 3 aliphatic rings. The number of hydrogen-bond acceptors (Lipinski definition) is 7. The van der Waals surface area contributed by atoms with Crippen molar-refractivity contribution in [1.29, 1.82) is 0 Å². The summed E-state index contributed by atoms with van der Waals surface area (Å²) in [5.74, 6) is -0.667. The Morgan fingerprint density at radius 2 is 1.72 bits per heavy atom. The molecule has 1 saturated heterocycles. The highest BCUT2D eigenvalue weighted by Crippen LogP contribution is 2.65. The third kappa shape index (κ3) is 8.95. The fraction of sp³-hybridized carbons (Fsp3) is 0.735. The molecule has 2 saturated carbocycles. The predicted octanol–water partition coefficient (Wildman–Crippen LogP) is 2.09. The van der Waals surface area contributed by atoms with E-state index >= 15 is 0 Å². The average Bonchev–Trinajstić information content (AvgIpc) is 3.30. The number of Topliss-reactive ketones (excluding diaryl/α,β-unsaturated/α-hetero) is 1. The van der Waals surface area contributed by atoms with Crippen LogP contribution in [0.3, 0.4) is 0 Å². The Hall–Kier alpha value is -3.40. The van der Waals surface area contributed by atoms with E-state index in [-0.39, 0.29) is 54.7 Å². The van der Waals surface area contributed by atoms with Gasteiger partial charge in [-0.2, -0.15) is 0 Å². The molecule has 12 nitrogen and oxygen atoms in total. The van der Waals surface area contributed by atoms with Crippen molar-refractivity contribution in [2.75, 3.05) is 24.6 Å². The molecule has 47 heavy (non-hydrogen) atoms. The van der Waals surface area contributed by atoms with Gasteiger partial charge in [-0.15, -0.1) is 18.9 Å². The van der Waals surface area contributed by atoms with Crippen molar-refractivity contribution < 1.29 is 32.4 Å². The molecule has 1 aliphatic heterocycles. The van der Waals surface area contributed by atoms with Crippen molar-refractivity contribution >= 4 is 39.4 Å². The third-order valence-corrected chi connectivity index (χ3v) is 12.0. The number of carbonyl (C=O) groups excluding carboxylic acids is 5. The van der Waals surface area contributed by atoms with Crippen LogP contribution in [0.25, 0.3) is 0 Å². The number of ketones is 1. The number of urea groups is 1. The van der Waals surface area contributed by atoms with E-state index in [4.69, 9.17) is 6.42 Å². The number of hydrogen-bond donors (Lipinski definition) is 4. The molecule has 0 aromatic heterocycles. The highest BCUT2D eigenvalue weighted by atomic mass is 32.2. The maximum atomic E-state index is 14.3. The first-order valence-electron chi connectivity index (χ1n) is 16.6. The maximum Gasteiger partial charge on any atom is 0.315 e. The minimum absolute atomic E-state index is 0.0251. The first-order chi connectivity index (χ1) is 21.8. The highest BCUT2D eigenvalue weighted by molar-refractivity contribution is 7.91. The van der Waals surface area contributed by atoms with E-state index in [1.54, 1.807) is 27.7 Å². The first-order valence-corrected chi connectivity index (χ1v) is 18.4. The largest absolute Gasteiger partial charge is 0.346 e. The van der Waals surface area contributed by atoms with Gasteiger partial charge in [0.05, 0.1) is 17.3 Å². The summed E-state index contributed by atoms with van der Waals surface area (Å²) < 4.78 is 25.3. The number of rotatable bonds is 14. The summed E-state index contributed by atoms with van der Waals surface area (Å²) in [6.45, 7) is 14.9. The lowest BCUT2D eigenvalue weighted by molar-refractivity contribution is -0.145. The van der Waals surface area contributed by atoms with Crippen LogP contribution < -0.4 is 21.3 Å². The molecule has 1 unspecified atom stereocenters. The van der Waals surface area contributed by atoms with E-state index in [0.717, 1.165) is 19.3 Å². The van der Waals surface area contributed by atoms with Crippen LogP contribution in [0, 0.1) is 35.0 Å². The summed E-state index contributed by atoms with van der Waals surface area (Å²) in [5.41, 5.74) is -1.94. The zero-order chi connectivity index (χ0) is 35.4. The summed E-state index contributed by atoms with van der Waals surface area (Å²) >= 11 is 0. The van der Waals surface area contributed by atoms with Crippen molar-refractivity contribution in [2.45, 2.75) is 110 Å². The molecule has 0 radical (unpaired) electrons. The fourth-order valence-electron chi connectivity index (χ4n) is 7.26. The Bertz CT molecular complexity index is 1390. The number of nitrogens with one attached hydrogen (secondary N) is 4. The zero-order valence-corrected chi connectivity index (χ0v) is 29.6. The van der Waals surface area contributed by atoms with Crippen LogP contribution in [0.5, 0.6) is 0 Å². The molecule has 0 aromatic carbocycles. The lowest BCUT2D eigenvalue weighted by atomic mass is 9.83. The molecule has 4 N–H and O–H groups in total. The maximum absolute atomic E-state index is 14.3. The summed E-state index contributed by atoms with van der Waals surface area (Å²) in [6.07, 6.45) is 10.6. The molecule has 0 spiro atoms. The van der Waals surface area contributed by atoms with Gasteiger partial charge in [-0.3, -0.25) is 19.2 Å². The number of piperidine rings is 1. The topological polar surface area (TPSA) is 171 Å². The summed E-state index contributed by atoms with van der Waals surface area (Å²) in [5, 5.41) is 10.9. The van der Waals surface area contributed by atoms with Crippen molar-refractivity contribution in [3.63, 3.8) is 0 Å². The monoisotopic (exact) mass is 675 g/mol. The quantitative estimate of drug-likeness (QED) is 0.124. The number of likely N-dealkylation sites (tertiary alicyclic amines) is 1. The molecule has 3 fully saturated rings. The zero-order valence-electron chi connectivity index (χ0n) is 28.7. The molecule has 3 rings (SSSR count). The molecule has 5 amide bonds. The van der Waals surface area contributed by atoms with Gasteiger partial charge in [0.2, 0.25) is 17.6 Å². The van der Waals surface area contributed by atoms with Gasteiger partial charge < -0.3 is 26.2 Å². The first kappa shape index (κ1) is 38.1. The van der Waals surface area contributed by atoms with Crippen molar-refractivity contribution in [1.82, 2.24) is 26.2 Å². The Kier molecular flexibility index (Phi) is 12.0. The van der Waals surface area contributed by atoms with E-state index < -0.39 is 68.5 Å². The second-order valence-electron chi connectivity index (χ2n) is 15.0. The number of amides is 5. The Morgan fingerprint density at radius 3 is 2.28 bits per heavy atom. The van der Waals surface area contributed by atoms with Crippen LogP contribution in [0.1, 0.15) is 86.5 Å². The predicted molar refractivity (Wildman–Crippen MR) is 180 cm³/mol. The van der Waals surface area contributed by atoms with Gasteiger partial charge in [0.15, 0.2) is 9.84 Å². The van der Waals surface area contributed by atoms with E-state index in [9.17, 15) is 32.4 Å². The van der Waals surface area contributed by atoms with Gasteiger partial charge in [-0.25, -0.2) is 13.2 Å².